The predicted molar refractivity (Wildman–Crippen MR) is 99.9 cm³/mol. The Morgan fingerprint density at radius 1 is 1.36 bits per heavy atom. The standard InChI is InChI=1S/C18H18N4O2S/c19-15-14-11(9-5-6-21-8-9)7-12(10-3-1-2-4-13(10)23)22-18(14)25-16(15)17(20)24/h1-4,7,9,21,23H,5-6,8,19H2,(H2,20,24). The second kappa shape index (κ2) is 6.02. The number of phenolic OH excluding ortho intramolecular Hbond substituents is 1. The molecule has 1 aliphatic rings. The van der Waals surface area contributed by atoms with Gasteiger partial charge in [-0.05, 0) is 42.6 Å². The SMILES string of the molecule is NC(=O)c1sc2nc(-c3ccccc3O)cc(C3CCNC3)c2c1N. The van der Waals surface area contributed by atoms with Crippen molar-refractivity contribution in [1.29, 1.82) is 0 Å². The zero-order valence-corrected chi connectivity index (χ0v) is 14.3. The first-order valence-electron chi connectivity index (χ1n) is 8.08. The van der Waals surface area contributed by atoms with Crippen molar-refractivity contribution in [2.45, 2.75) is 12.3 Å². The number of carbonyl (C=O) groups is 1. The van der Waals surface area contributed by atoms with E-state index in [4.69, 9.17) is 11.5 Å². The van der Waals surface area contributed by atoms with Crippen molar-refractivity contribution >= 4 is 33.1 Å². The maximum atomic E-state index is 11.7. The predicted octanol–water partition coefficient (Wildman–Crippen LogP) is 2.43. The van der Waals surface area contributed by atoms with Gasteiger partial charge in [-0.15, -0.1) is 11.3 Å². The van der Waals surface area contributed by atoms with Crippen LogP contribution in [0.15, 0.2) is 30.3 Å². The first-order valence-corrected chi connectivity index (χ1v) is 8.89. The van der Waals surface area contributed by atoms with Gasteiger partial charge in [0.25, 0.3) is 5.91 Å². The summed E-state index contributed by atoms with van der Waals surface area (Å²) in [6.07, 6.45) is 0.987. The lowest BCUT2D eigenvalue weighted by Gasteiger charge is -2.14. The first-order chi connectivity index (χ1) is 12.1. The van der Waals surface area contributed by atoms with Gasteiger partial charge in [0.1, 0.15) is 15.5 Å². The highest BCUT2D eigenvalue weighted by molar-refractivity contribution is 7.21. The molecular formula is C18H18N4O2S. The van der Waals surface area contributed by atoms with Gasteiger partial charge in [-0.2, -0.15) is 0 Å². The van der Waals surface area contributed by atoms with E-state index in [1.807, 2.05) is 18.2 Å². The van der Waals surface area contributed by atoms with Crippen LogP contribution < -0.4 is 16.8 Å². The van der Waals surface area contributed by atoms with Crippen LogP contribution >= 0.6 is 11.3 Å². The number of nitrogens with two attached hydrogens (primary N) is 2. The number of thiophene rings is 1. The molecule has 6 nitrogen and oxygen atoms in total. The molecule has 3 aromatic rings. The lowest BCUT2D eigenvalue weighted by molar-refractivity contribution is 0.100. The summed E-state index contributed by atoms with van der Waals surface area (Å²) in [6.45, 7) is 1.79. The van der Waals surface area contributed by atoms with Gasteiger partial charge in [0, 0.05) is 17.5 Å². The van der Waals surface area contributed by atoms with E-state index >= 15 is 0 Å². The number of anilines is 1. The van der Waals surface area contributed by atoms with Crippen molar-refractivity contribution in [3.63, 3.8) is 0 Å². The highest BCUT2D eigenvalue weighted by atomic mass is 32.1. The van der Waals surface area contributed by atoms with E-state index in [1.165, 1.54) is 11.3 Å². The van der Waals surface area contributed by atoms with Gasteiger partial charge >= 0.3 is 0 Å². The minimum atomic E-state index is -0.542. The van der Waals surface area contributed by atoms with Gasteiger partial charge in [0.15, 0.2) is 0 Å². The number of rotatable bonds is 3. The molecule has 0 aliphatic carbocycles. The molecule has 3 heterocycles. The normalized spacial score (nSPS) is 17.2. The van der Waals surface area contributed by atoms with Crippen LogP contribution in [0.4, 0.5) is 5.69 Å². The average molecular weight is 354 g/mol. The van der Waals surface area contributed by atoms with Crippen LogP contribution in [0.5, 0.6) is 5.75 Å². The van der Waals surface area contributed by atoms with Gasteiger partial charge < -0.3 is 21.9 Å². The van der Waals surface area contributed by atoms with Gasteiger partial charge in [-0.25, -0.2) is 4.98 Å². The van der Waals surface area contributed by atoms with Crippen molar-refractivity contribution in [3.8, 4) is 17.0 Å². The molecule has 1 aliphatic heterocycles. The number of nitrogens with one attached hydrogen (secondary N) is 1. The maximum absolute atomic E-state index is 11.7. The summed E-state index contributed by atoms with van der Waals surface area (Å²) in [4.78, 5) is 17.4. The van der Waals surface area contributed by atoms with Crippen molar-refractivity contribution in [2.24, 2.45) is 5.73 Å². The number of nitrogens with zero attached hydrogens (tertiary/aromatic N) is 1. The molecule has 25 heavy (non-hydrogen) atoms. The van der Waals surface area contributed by atoms with E-state index in [-0.39, 0.29) is 11.7 Å². The Labute approximate surface area is 148 Å². The summed E-state index contributed by atoms with van der Waals surface area (Å²) in [6, 6.07) is 9.06. The van der Waals surface area contributed by atoms with E-state index in [1.54, 1.807) is 12.1 Å². The van der Waals surface area contributed by atoms with E-state index in [0.29, 0.717) is 26.7 Å². The smallest absolute Gasteiger partial charge is 0.260 e. The number of benzene rings is 1. The van der Waals surface area contributed by atoms with Crippen molar-refractivity contribution in [2.75, 3.05) is 18.8 Å². The number of phenols is 1. The van der Waals surface area contributed by atoms with Crippen LogP contribution in [0.1, 0.15) is 27.6 Å². The number of aromatic hydroxyl groups is 1. The fourth-order valence-corrected chi connectivity index (χ4v) is 4.38. The van der Waals surface area contributed by atoms with Crippen LogP contribution in [0, 0.1) is 0 Å². The third-order valence-electron chi connectivity index (χ3n) is 4.63. The number of hydrogen-bond donors (Lipinski definition) is 4. The van der Waals surface area contributed by atoms with Crippen LogP contribution in [0.25, 0.3) is 21.5 Å². The molecule has 7 heteroatoms. The Hall–Kier alpha value is -2.64. The number of para-hydroxylation sites is 1. The van der Waals surface area contributed by atoms with E-state index in [0.717, 1.165) is 30.5 Å². The molecule has 1 fully saturated rings. The Morgan fingerprint density at radius 3 is 2.84 bits per heavy atom. The summed E-state index contributed by atoms with van der Waals surface area (Å²) in [5, 5.41) is 14.4. The molecule has 1 amide bonds. The number of amides is 1. The van der Waals surface area contributed by atoms with Crippen molar-refractivity contribution in [3.05, 3.63) is 40.8 Å². The second-order valence-corrected chi connectivity index (χ2v) is 7.19. The first kappa shape index (κ1) is 15.9. The topological polar surface area (TPSA) is 114 Å². The fourth-order valence-electron chi connectivity index (χ4n) is 3.40. The second-order valence-electron chi connectivity index (χ2n) is 6.19. The Balaban J connectivity index is 2.00. The van der Waals surface area contributed by atoms with E-state index in [2.05, 4.69) is 10.3 Å². The average Bonchev–Trinajstić information content (AvgIpc) is 3.23. The minimum absolute atomic E-state index is 0.171. The van der Waals surface area contributed by atoms with Crippen molar-refractivity contribution in [1.82, 2.24) is 10.3 Å². The molecule has 2 aromatic heterocycles. The molecule has 0 radical (unpaired) electrons. The van der Waals surface area contributed by atoms with Crippen LogP contribution in [0.2, 0.25) is 0 Å². The highest BCUT2D eigenvalue weighted by Crippen LogP contribution is 2.41. The molecule has 128 valence electrons. The lowest BCUT2D eigenvalue weighted by atomic mass is 9.93. The van der Waals surface area contributed by atoms with Gasteiger partial charge in [0.05, 0.1) is 11.4 Å². The Bertz CT molecular complexity index is 977. The summed E-state index contributed by atoms with van der Waals surface area (Å²) in [5.74, 6) is -0.0858. The van der Waals surface area contributed by atoms with Crippen LogP contribution in [0.3, 0.4) is 0 Å². The minimum Gasteiger partial charge on any atom is -0.507 e. The molecule has 0 spiro atoms. The molecule has 6 N–H and O–H groups in total. The van der Waals surface area contributed by atoms with Crippen LogP contribution in [-0.4, -0.2) is 29.1 Å². The largest absolute Gasteiger partial charge is 0.507 e. The van der Waals surface area contributed by atoms with Gasteiger partial charge in [0.2, 0.25) is 0 Å². The number of nitrogen functional groups attached to an aromatic ring is 1. The Kier molecular flexibility index (Phi) is 3.82. The molecule has 4 rings (SSSR count). The maximum Gasteiger partial charge on any atom is 0.260 e. The lowest BCUT2D eigenvalue weighted by Crippen LogP contribution is -2.11. The zero-order valence-electron chi connectivity index (χ0n) is 13.5. The third-order valence-corrected chi connectivity index (χ3v) is 5.75. The Morgan fingerprint density at radius 2 is 2.16 bits per heavy atom. The summed E-state index contributed by atoms with van der Waals surface area (Å²) in [5.41, 5.74) is 14.5. The zero-order chi connectivity index (χ0) is 17.6. The highest BCUT2D eigenvalue weighted by Gasteiger charge is 2.25. The monoisotopic (exact) mass is 354 g/mol. The molecule has 1 unspecified atom stereocenters. The number of primary amides is 1. The summed E-state index contributed by atoms with van der Waals surface area (Å²) >= 11 is 1.21. The molecule has 1 aromatic carbocycles. The molecule has 0 bridgehead atoms. The molecule has 1 saturated heterocycles. The molecule has 1 atom stereocenters. The van der Waals surface area contributed by atoms with Gasteiger partial charge in [-0.1, -0.05) is 12.1 Å². The summed E-state index contributed by atoms with van der Waals surface area (Å²) < 4.78 is 0. The number of fused-ring (bicyclic) bond motifs is 1. The number of hydrogen-bond acceptors (Lipinski definition) is 6. The number of carbonyl (C=O) groups excluding carboxylic acids is 1. The van der Waals surface area contributed by atoms with E-state index in [9.17, 15) is 9.90 Å². The van der Waals surface area contributed by atoms with Gasteiger partial charge in [-0.3, -0.25) is 4.79 Å². The molecule has 0 saturated carbocycles. The summed E-state index contributed by atoms with van der Waals surface area (Å²) in [7, 11) is 0. The van der Waals surface area contributed by atoms with Crippen LogP contribution in [-0.2, 0) is 0 Å². The van der Waals surface area contributed by atoms with Crippen molar-refractivity contribution < 1.29 is 9.90 Å². The number of pyridine rings is 1. The quantitative estimate of drug-likeness (QED) is 0.577. The molecular weight excluding hydrogens is 336 g/mol. The fraction of sp³-hybridized carbons (Fsp3) is 0.222. The van der Waals surface area contributed by atoms with E-state index < -0.39 is 5.91 Å². The third kappa shape index (κ3) is 2.61. The number of aromatic nitrogens is 1.